The van der Waals surface area contributed by atoms with Gasteiger partial charge in [-0.05, 0) is 37.3 Å². The Labute approximate surface area is 132 Å². The molecule has 21 heavy (non-hydrogen) atoms. The topological polar surface area (TPSA) is 78.4 Å². The normalized spacial score (nSPS) is 21.0. The smallest absolute Gasteiger partial charge is 0.335 e. The van der Waals surface area contributed by atoms with Crippen molar-refractivity contribution in [1.29, 1.82) is 0 Å². The molecule has 0 spiro atoms. The van der Waals surface area contributed by atoms with Gasteiger partial charge < -0.3 is 15.7 Å². The number of aromatic carboxylic acids is 1. The number of benzene rings is 1. The van der Waals surface area contributed by atoms with E-state index in [4.69, 9.17) is 16.7 Å². The van der Waals surface area contributed by atoms with Crippen LogP contribution in [0.25, 0.3) is 0 Å². The van der Waals surface area contributed by atoms with E-state index in [-0.39, 0.29) is 17.6 Å². The second-order valence-electron chi connectivity index (χ2n) is 4.91. The van der Waals surface area contributed by atoms with Gasteiger partial charge in [-0.1, -0.05) is 18.0 Å². The van der Waals surface area contributed by atoms with Crippen LogP contribution in [-0.2, 0) is 0 Å². The molecule has 0 heterocycles. The molecule has 3 N–H and O–H groups in total. The third-order valence-electron chi connectivity index (χ3n) is 3.53. The number of hydrogen-bond acceptors (Lipinski definition) is 3. The van der Waals surface area contributed by atoms with Crippen molar-refractivity contribution >= 4 is 41.1 Å². The van der Waals surface area contributed by atoms with Gasteiger partial charge in [-0.2, -0.15) is 11.8 Å². The van der Waals surface area contributed by atoms with E-state index in [1.807, 2.05) is 6.26 Å². The van der Waals surface area contributed by atoms with Crippen LogP contribution >= 0.6 is 23.4 Å². The molecule has 2 rings (SSSR count). The van der Waals surface area contributed by atoms with Crippen LogP contribution in [0.5, 0.6) is 0 Å². The van der Waals surface area contributed by atoms with Crippen molar-refractivity contribution < 1.29 is 14.7 Å². The van der Waals surface area contributed by atoms with Crippen molar-refractivity contribution in [3.63, 3.8) is 0 Å². The molecule has 1 aliphatic carbocycles. The number of carboxylic acid groups (broad SMARTS) is 1. The number of carbonyl (C=O) groups is 2. The van der Waals surface area contributed by atoms with Gasteiger partial charge in [0.2, 0.25) is 0 Å². The van der Waals surface area contributed by atoms with E-state index >= 15 is 0 Å². The lowest BCUT2D eigenvalue weighted by Crippen LogP contribution is -2.41. The second-order valence-corrected chi connectivity index (χ2v) is 6.39. The standard InChI is InChI=1S/C14H17ClN2O3S/c1-21-12-4-2-3-10(12)16-14(20)17-11-7-8(13(18)19)5-6-9(11)15/h5-7,10,12H,2-4H2,1H3,(H,18,19)(H2,16,17,20). The number of amides is 2. The first-order chi connectivity index (χ1) is 10.0. The molecule has 2 unspecified atom stereocenters. The Balaban J connectivity index is 2.02. The Morgan fingerprint density at radius 1 is 1.38 bits per heavy atom. The van der Waals surface area contributed by atoms with Crippen LogP contribution < -0.4 is 10.6 Å². The highest BCUT2D eigenvalue weighted by Crippen LogP contribution is 2.28. The van der Waals surface area contributed by atoms with Crippen molar-refractivity contribution in [2.24, 2.45) is 0 Å². The van der Waals surface area contributed by atoms with E-state index in [1.54, 1.807) is 11.8 Å². The number of carbonyl (C=O) groups excluding carboxylic acids is 1. The molecular formula is C14H17ClN2O3S. The SMILES string of the molecule is CSC1CCCC1NC(=O)Nc1cc(C(=O)O)ccc1Cl. The van der Waals surface area contributed by atoms with E-state index in [2.05, 4.69) is 10.6 Å². The van der Waals surface area contributed by atoms with Gasteiger partial charge in [-0.3, -0.25) is 0 Å². The van der Waals surface area contributed by atoms with Crippen LogP contribution in [0.15, 0.2) is 18.2 Å². The summed E-state index contributed by atoms with van der Waals surface area (Å²) < 4.78 is 0. The molecule has 1 aromatic rings. The molecule has 0 radical (unpaired) electrons. The maximum absolute atomic E-state index is 12.0. The molecule has 0 aromatic heterocycles. The lowest BCUT2D eigenvalue weighted by molar-refractivity contribution is 0.0697. The summed E-state index contributed by atoms with van der Waals surface area (Å²) in [5, 5.41) is 15.2. The highest BCUT2D eigenvalue weighted by atomic mass is 35.5. The minimum atomic E-state index is -1.06. The van der Waals surface area contributed by atoms with Crippen molar-refractivity contribution in [3.05, 3.63) is 28.8 Å². The monoisotopic (exact) mass is 328 g/mol. The number of carboxylic acids is 1. The van der Waals surface area contributed by atoms with Gasteiger partial charge in [0.05, 0.1) is 16.3 Å². The van der Waals surface area contributed by atoms with Gasteiger partial charge in [0, 0.05) is 11.3 Å². The molecule has 0 bridgehead atoms. The molecule has 1 saturated carbocycles. The molecule has 0 aliphatic heterocycles. The van der Waals surface area contributed by atoms with E-state index in [0.717, 1.165) is 19.3 Å². The third-order valence-corrected chi connectivity index (χ3v) is 5.03. The third kappa shape index (κ3) is 4.04. The summed E-state index contributed by atoms with van der Waals surface area (Å²) in [7, 11) is 0. The summed E-state index contributed by atoms with van der Waals surface area (Å²) in [6.07, 6.45) is 5.20. The molecule has 2 atom stereocenters. The maximum Gasteiger partial charge on any atom is 0.335 e. The van der Waals surface area contributed by atoms with E-state index in [1.165, 1.54) is 18.2 Å². The highest BCUT2D eigenvalue weighted by molar-refractivity contribution is 7.99. The maximum atomic E-state index is 12.0. The number of thioether (sulfide) groups is 1. The Kier molecular flexibility index (Phi) is 5.36. The van der Waals surface area contributed by atoms with Gasteiger partial charge in [0.15, 0.2) is 0 Å². The fourth-order valence-electron chi connectivity index (χ4n) is 2.45. The average Bonchev–Trinajstić information content (AvgIpc) is 2.88. The Bertz CT molecular complexity index is 553. The van der Waals surface area contributed by atoms with Crippen LogP contribution in [0.2, 0.25) is 5.02 Å². The van der Waals surface area contributed by atoms with E-state index < -0.39 is 5.97 Å². The lowest BCUT2D eigenvalue weighted by Gasteiger charge is -2.19. The highest BCUT2D eigenvalue weighted by Gasteiger charge is 2.27. The van der Waals surface area contributed by atoms with Gasteiger partial charge in [0.25, 0.3) is 0 Å². The molecule has 0 saturated heterocycles. The van der Waals surface area contributed by atoms with Crippen molar-refractivity contribution in [2.75, 3.05) is 11.6 Å². The van der Waals surface area contributed by atoms with Crippen molar-refractivity contribution in [3.8, 4) is 0 Å². The lowest BCUT2D eigenvalue weighted by atomic mass is 10.2. The number of anilines is 1. The Hall–Kier alpha value is -1.40. The Morgan fingerprint density at radius 2 is 2.14 bits per heavy atom. The molecular weight excluding hydrogens is 312 g/mol. The van der Waals surface area contributed by atoms with Crippen LogP contribution in [0.1, 0.15) is 29.6 Å². The number of halogens is 1. The average molecular weight is 329 g/mol. The van der Waals surface area contributed by atoms with E-state index in [9.17, 15) is 9.59 Å². The zero-order valence-electron chi connectivity index (χ0n) is 11.6. The summed E-state index contributed by atoms with van der Waals surface area (Å²) in [4.78, 5) is 23.0. The second kappa shape index (κ2) is 7.04. The molecule has 1 aliphatic rings. The zero-order valence-corrected chi connectivity index (χ0v) is 13.1. The summed E-state index contributed by atoms with van der Waals surface area (Å²) in [5.74, 6) is -1.06. The van der Waals surface area contributed by atoms with Crippen LogP contribution in [0, 0.1) is 0 Å². The predicted octanol–water partition coefficient (Wildman–Crippen LogP) is 3.44. The summed E-state index contributed by atoms with van der Waals surface area (Å²) in [5.41, 5.74) is 0.380. The minimum absolute atomic E-state index is 0.0811. The first kappa shape index (κ1) is 16.0. The molecule has 114 valence electrons. The number of rotatable bonds is 4. The van der Waals surface area contributed by atoms with Gasteiger partial charge in [-0.15, -0.1) is 0 Å². The number of nitrogens with one attached hydrogen (secondary N) is 2. The first-order valence-corrected chi connectivity index (χ1v) is 8.31. The fraction of sp³-hybridized carbons (Fsp3) is 0.429. The van der Waals surface area contributed by atoms with Crippen LogP contribution in [0.4, 0.5) is 10.5 Å². The quantitative estimate of drug-likeness (QED) is 0.791. The molecule has 5 nitrogen and oxygen atoms in total. The van der Waals surface area contributed by atoms with Crippen molar-refractivity contribution in [2.45, 2.75) is 30.6 Å². The minimum Gasteiger partial charge on any atom is -0.478 e. The van der Waals surface area contributed by atoms with Crippen LogP contribution in [-0.4, -0.2) is 34.7 Å². The number of hydrogen-bond donors (Lipinski definition) is 3. The van der Waals surface area contributed by atoms with E-state index in [0.29, 0.717) is 16.0 Å². The van der Waals surface area contributed by atoms with Gasteiger partial charge in [-0.25, -0.2) is 9.59 Å². The van der Waals surface area contributed by atoms with Gasteiger partial charge in [0.1, 0.15) is 0 Å². The number of urea groups is 1. The largest absolute Gasteiger partial charge is 0.478 e. The Morgan fingerprint density at radius 3 is 2.81 bits per heavy atom. The summed E-state index contributed by atoms with van der Waals surface area (Å²) in [6.45, 7) is 0. The molecule has 1 fully saturated rings. The molecule has 2 amide bonds. The van der Waals surface area contributed by atoms with Crippen LogP contribution in [0.3, 0.4) is 0 Å². The first-order valence-electron chi connectivity index (χ1n) is 6.64. The molecule has 1 aromatic carbocycles. The predicted molar refractivity (Wildman–Crippen MR) is 85.5 cm³/mol. The summed E-state index contributed by atoms with van der Waals surface area (Å²) >= 11 is 7.73. The fourth-order valence-corrected chi connectivity index (χ4v) is 3.55. The summed E-state index contributed by atoms with van der Waals surface area (Å²) in [6, 6.07) is 3.99. The van der Waals surface area contributed by atoms with Crippen molar-refractivity contribution in [1.82, 2.24) is 5.32 Å². The zero-order chi connectivity index (χ0) is 15.4. The van der Waals surface area contributed by atoms with Gasteiger partial charge >= 0.3 is 12.0 Å². The molecule has 7 heteroatoms.